The number of rotatable bonds is 3. The summed E-state index contributed by atoms with van der Waals surface area (Å²) in [6.45, 7) is 0. The summed E-state index contributed by atoms with van der Waals surface area (Å²) in [4.78, 5) is 12.0. The van der Waals surface area contributed by atoms with Gasteiger partial charge < -0.3 is 11.1 Å². The maximum absolute atomic E-state index is 12.0. The van der Waals surface area contributed by atoms with Crippen molar-refractivity contribution >= 4 is 11.6 Å². The van der Waals surface area contributed by atoms with E-state index in [1.165, 1.54) is 0 Å². The number of nitrogen functional groups attached to an aromatic ring is 1. The summed E-state index contributed by atoms with van der Waals surface area (Å²) >= 11 is 0. The van der Waals surface area contributed by atoms with Crippen molar-refractivity contribution in [3.8, 4) is 11.1 Å². The molecule has 0 radical (unpaired) electrons. The molecule has 1 saturated carbocycles. The molecule has 5 heteroatoms. The average Bonchev–Trinajstić information content (AvgIpc) is 3.07. The molecule has 0 saturated heterocycles. The predicted octanol–water partition coefficient (Wildman–Crippen LogP) is 1.56. The number of nitrogens with one attached hydrogen (secondary N) is 1. The molecule has 0 bridgehead atoms. The van der Waals surface area contributed by atoms with Crippen LogP contribution in [-0.4, -0.2) is 21.7 Å². The molecule has 1 aromatic carbocycles. The third-order valence-corrected chi connectivity index (χ3v) is 3.17. The lowest BCUT2D eigenvalue weighted by molar-refractivity contribution is 0.0951. The van der Waals surface area contributed by atoms with Crippen LogP contribution in [0.5, 0.6) is 0 Å². The van der Waals surface area contributed by atoms with Crippen molar-refractivity contribution in [1.29, 1.82) is 0 Å². The van der Waals surface area contributed by atoms with Gasteiger partial charge in [-0.05, 0) is 36.6 Å². The van der Waals surface area contributed by atoms with E-state index in [0.29, 0.717) is 17.3 Å². The van der Waals surface area contributed by atoms with Gasteiger partial charge in [-0.25, -0.2) is 0 Å². The van der Waals surface area contributed by atoms with Gasteiger partial charge >= 0.3 is 0 Å². The Kier molecular flexibility index (Phi) is 2.74. The molecular weight excluding hydrogens is 240 g/mol. The molecule has 3 rings (SSSR count). The van der Waals surface area contributed by atoms with Gasteiger partial charge in [0.25, 0.3) is 5.91 Å². The van der Waals surface area contributed by atoms with E-state index in [9.17, 15) is 4.79 Å². The average molecular weight is 256 g/mol. The van der Waals surface area contributed by atoms with Crippen molar-refractivity contribution < 1.29 is 4.79 Å². The van der Waals surface area contributed by atoms with E-state index in [2.05, 4.69) is 10.4 Å². The SMILES string of the molecule is Cn1cc(-c2cc(N)cc(C(=O)NC3CC3)c2)cn1. The molecule has 1 heterocycles. The Labute approximate surface area is 111 Å². The zero-order valence-corrected chi connectivity index (χ0v) is 10.8. The highest BCUT2D eigenvalue weighted by molar-refractivity contribution is 5.96. The second kappa shape index (κ2) is 4.42. The molecule has 0 atom stereocenters. The summed E-state index contributed by atoms with van der Waals surface area (Å²) < 4.78 is 1.72. The van der Waals surface area contributed by atoms with Crippen LogP contribution in [0.15, 0.2) is 30.6 Å². The van der Waals surface area contributed by atoms with Crippen LogP contribution in [0.25, 0.3) is 11.1 Å². The summed E-state index contributed by atoms with van der Waals surface area (Å²) in [5.74, 6) is -0.0556. The fraction of sp³-hybridized carbons (Fsp3) is 0.286. The first-order chi connectivity index (χ1) is 9.11. The molecular formula is C14H16N4O. The molecule has 1 aliphatic rings. The third-order valence-electron chi connectivity index (χ3n) is 3.17. The van der Waals surface area contributed by atoms with Crippen molar-refractivity contribution in [1.82, 2.24) is 15.1 Å². The molecule has 2 aromatic rings. The van der Waals surface area contributed by atoms with Gasteiger partial charge in [-0.1, -0.05) is 0 Å². The van der Waals surface area contributed by atoms with Gasteiger partial charge in [-0.2, -0.15) is 5.10 Å². The fourth-order valence-corrected chi connectivity index (χ4v) is 2.02. The number of nitrogens with two attached hydrogens (primary N) is 1. The number of anilines is 1. The van der Waals surface area contributed by atoms with Crippen LogP contribution in [0.3, 0.4) is 0 Å². The predicted molar refractivity (Wildman–Crippen MR) is 73.5 cm³/mol. The third kappa shape index (κ3) is 2.59. The minimum absolute atomic E-state index is 0.0556. The summed E-state index contributed by atoms with van der Waals surface area (Å²) in [7, 11) is 1.86. The second-order valence-corrected chi connectivity index (χ2v) is 4.99. The number of hydrogen-bond acceptors (Lipinski definition) is 3. The largest absolute Gasteiger partial charge is 0.399 e. The normalized spacial score (nSPS) is 14.4. The molecule has 19 heavy (non-hydrogen) atoms. The van der Waals surface area contributed by atoms with Crippen LogP contribution >= 0.6 is 0 Å². The van der Waals surface area contributed by atoms with E-state index in [1.807, 2.05) is 25.4 Å². The lowest BCUT2D eigenvalue weighted by Gasteiger charge is -2.07. The number of aromatic nitrogens is 2. The zero-order chi connectivity index (χ0) is 13.4. The second-order valence-electron chi connectivity index (χ2n) is 4.99. The summed E-state index contributed by atoms with van der Waals surface area (Å²) in [5.41, 5.74) is 8.93. The van der Waals surface area contributed by atoms with Crippen molar-refractivity contribution in [2.24, 2.45) is 7.05 Å². The minimum atomic E-state index is -0.0556. The van der Waals surface area contributed by atoms with Gasteiger partial charge in [0.1, 0.15) is 0 Å². The monoisotopic (exact) mass is 256 g/mol. The Morgan fingerprint density at radius 2 is 2.16 bits per heavy atom. The van der Waals surface area contributed by atoms with Crippen LogP contribution in [0.1, 0.15) is 23.2 Å². The lowest BCUT2D eigenvalue weighted by Crippen LogP contribution is -2.25. The molecule has 0 aliphatic heterocycles. The molecule has 1 aliphatic carbocycles. The van der Waals surface area contributed by atoms with Gasteiger partial charge in [-0.3, -0.25) is 9.48 Å². The molecule has 0 unspecified atom stereocenters. The van der Waals surface area contributed by atoms with E-state index in [4.69, 9.17) is 5.73 Å². The summed E-state index contributed by atoms with van der Waals surface area (Å²) in [6, 6.07) is 5.75. The first-order valence-corrected chi connectivity index (χ1v) is 6.32. The Morgan fingerprint density at radius 3 is 2.79 bits per heavy atom. The lowest BCUT2D eigenvalue weighted by atomic mass is 10.0. The Bertz CT molecular complexity index is 628. The van der Waals surface area contributed by atoms with Crippen molar-refractivity contribution in [2.45, 2.75) is 18.9 Å². The standard InChI is InChI=1S/C14H16N4O/c1-18-8-11(7-16-18)9-4-10(6-12(15)5-9)14(19)17-13-2-3-13/h4-8,13H,2-3,15H2,1H3,(H,17,19). The Balaban J connectivity index is 1.92. The Hall–Kier alpha value is -2.30. The van der Waals surface area contributed by atoms with Crippen LogP contribution < -0.4 is 11.1 Å². The van der Waals surface area contributed by atoms with Gasteiger partial charge in [0.15, 0.2) is 0 Å². The number of carbonyl (C=O) groups is 1. The van der Waals surface area contributed by atoms with E-state index >= 15 is 0 Å². The summed E-state index contributed by atoms with van der Waals surface area (Å²) in [5, 5.41) is 7.10. The topological polar surface area (TPSA) is 72.9 Å². The molecule has 5 nitrogen and oxygen atoms in total. The van der Waals surface area contributed by atoms with Crippen LogP contribution in [0.4, 0.5) is 5.69 Å². The van der Waals surface area contributed by atoms with E-state index in [-0.39, 0.29) is 5.91 Å². The smallest absolute Gasteiger partial charge is 0.251 e. The van der Waals surface area contributed by atoms with Crippen molar-refractivity contribution in [3.63, 3.8) is 0 Å². The maximum Gasteiger partial charge on any atom is 0.251 e. The van der Waals surface area contributed by atoms with Crippen molar-refractivity contribution in [2.75, 3.05) is 5.73 Å². The van der Waals surface area contributed by atoms with E-state index < -0.39 is 0 Å². The van der Waals surface area contributed by atoms with E-state index in [0.717, 1.165) is 24.0 Å². The Morgan fingerprint density at radius 1 is 1.37 bits per heavy atom. The van der Waals surface area contributed by atoms with Crippen LogP contribution in [0, 0.1) is 0 Å². The van der Waals surface area contributed by atoms with E-state index in [1.54, 1.807) is 16.9 Å². The molecule has 0 spiro atoms. The highest BCUT2D eigenvalue weighted by atomic mass is 16.1. The number of carbonyl (C=O) groups excluding carboxylic acids is 1. The molecule has 3 N–H and O–H groups in total. The molecule has 1 fully saturated rings. The molecule has 1 amide bonds. The quantitative estimate of drug-likeness (QED) is 0.818. The van der Waals surface area contributed by atoms with Crippen molar-refractivity contribution in [3.05, 3.63) is 36.2 Å². The maximum atomic E-state index is 12.0. The molecule has 1 aromatic heterocycles. The van der Waals surface area contributed by atoms with Gasteiger partial charge in [-0.15, -0.1) is 0 Å². The minimum Gasteiger partial charge on any atom is -0.399 e. The highest BCUT2D eigenvalue weighted by Gasteiger charge is 2.24. The van der Waals surface area contributed by atoms with Gasteiger partial charge in [0, 0.05) is 36.1 Å². The fourth-order valence-electron chi connectivity index (χ4n) is 2.02. The zero-order valence-electron chi connectivity index (χ0n) is 10.8. The first-order valence-electron chi connectivity index (χ1n) is 6.32. The summed E-state index contributed by atoms with van der Waals surface area (Å²) in [6.07, 6.45) is 5.81. The first kappa shape index (κ1) is 11.8. The number of amides is 1. The number of hydrogen-bond donors (Lipinski definition) is 2. The van der Waals surface area contributed by atoms with Gasteiger partial charge in [0.05, 0.1) is 6.20 Å². The number of nitrogens with zero attached hydrogens (tertiary/aromatic N) is 2. The van der Waals surface area contributed by atoms with Gasteiger partial charge in [0.2, 0.25) is 0 Å². The van der Waals surface area contributed by atoms with Crippen LogP contribution in [-0.2, 0) is 7.05 Å². The number of aryl methyl sites for hydroxylation is 1. The van der Waals surface area contributed by atoms with Crippen LogP contribution in [0.2, 0.25) is 0 Å². The number of benzene rings is 1. The molecule has 98 valence electrons. The highest BCUT2D eigenvalue weighted by Crippen LogP contribution is 2.24.